The summed E-state index contributed by atoms with van der Waals surface area (Å²) in [4.78, 5) is 4.69. The van der Waals surface area contributed by atoms with Crippen molar-refractivity contribution in [3.05, 3.63) is 34.9 Å². The molecule has 154 valence electrons. The quantitative estimate of drug-likeness (QED) is 0.332. The Bertz CT molecular complexity index is 605. The highest BCUT2D eigenvalue weighted by Crippen LogP contribution is 2.38. The molecular weight excluding hydrogens is 477 g/mol. The van der Waals surface area contributed by atoms with Gasteiger partial charge in [0.15, 0.2) is 5.96 Å². The van der Waals surface area contributed by atoms with E-state index >= 15 is 0 Å². The summed E-state index contributed by atoms with van der Waals surface area (Å²) in [5.41, 5.74) is 0.843. The van der Waals surface area contributed by atoms with Gasteiger partial charge in [0, 0.05) is 43.9 Å². The van der Waals surface area contributed by atoms with Crippen molar-refractivity contribution in [3.63, 3.8) is 0 Å². The molecule has 0 atom stereocenters. The van der Waals surface area contributed by atoms with Crippen LogP contribution in [0.3, 0.4) is 0 Å². The van der Waals surface area contributed by atoms with Crippen molar-refractivity contribution in [3.8, 4) is 0 Å². The van der Waals surface area contributed by atoms with Crippen LogP contribution in [-0.4, -0.2) is 51.5 Å². The molecule has 5 nitrogen and oxygen atoms in total. The highest BCUT2D eigenvalue weighted by atomic mass is 127. The Kier molecular flexibility index (Phi) is 10.4. The summed E-state index contributed by atoms with van der Waals surface area (Å²) in [6.45, 7) is 9.78. The number of hydrogen-bond donors (Lipinski definition) is 2. The fourth-order valence-electron chi connectivity index (χ4n) is 3.12. The van der Waals surface area contributed by atoms with Crippen LogP contribution in [0.2, 0.25) is 5.02 Å². The number of nitrogens with one attached hydrogen (secondary N) is 2. The second-order valence-electron chi connectivity index (χ2n) is 7.39. The normalized spacial score (nSPS) is 17.1. The van der Waals surface area contributed by atoms with E-state index in [0.717, 1.165) is 50.1 Å². The van der Waals surface area contributed by atoms with E-state index in [4.69, 9.17) is 26.1 Å². The molecule has 1 saturated heterocycles. The fourth-order valence-corrected chi connectivity index (χ4v) is 3.46. The van der Waals surface area contributed by atoms with Crippen LogP contribution >= 0.6 is 35.6 Å². The molecule has 0 aliphatic carbocycles. The Hall–Kier alpha value is -0.570. The molecule has 27 heavy (non-hydrogen) atoms. The maximum Gasteiger partial charge on any atom is 0.191 e. The SMILES string of the molecule is CCNC(=NCC(C)(C)OC)NCC1(c2ccccc2Cl)CCOCC1.I. The van der Waals surface area contributed by atoms with Gasteiger partial charge in [-0.05, 0) is 45.2 Å². The van der Waals surface area contributed by atoms with Gasteiger partial charge in [-0.3, -0.25) is 4.99 Å². The van der Waals surface area contributed by atoms with Gasteiger partial charge in [0.1, 0.15) is 0 Å². The minimum absolute atomic E-state index is 0. The van der Waals surface area contributed by atoms with Gasteiger partial charge in [-0.2, -0.15) is 0 Å². The largest absolute Gasteiger partial charge is 0.381 e. The molecule has 0 radical (unpaired) electrons. The van der Waals surface area contributed by atoms with Crippen molar-refractivity contribution >= 4 is 41.5 Å². The lowest BCUT2D eigenvalue weighted by molar-refractivity contribution is 0.0310. The predicted molar refractivity (Wildman–Crippen MR) is 124 cm³/mol. The standard InChI is InChI=1S/C20H32ClN3O2.HI/c1-5-22-18(23-14-19(2,3)25-4)24-15-20(10-12-26-13-11-20)16-8-6-7-9-17(16)21;/h6-9H,5,10-15H2,1-4H3,(H2,22,23,24);1H. The molecule has 1 aromatic carbocycles. The van der Waals surface area contributed by atoms with E-state index in [-0.39, 0.29) is 35.0 Å². The zero-order valence-corrected chi connectivity index (χ0v) is 19.9. The van der Waals surface area contributed by atoms with Crippen LogP contribution in [0.15, 0.2) is 29.3 Å². The smallest absolute Gasteiger partial charge is 0.191 e. The van der Waals surface area contributed by atoms with E-state index in [2.05, 4.69) is 29.7 Å². The minimum Gasteiger partial charge on any atom is -0.381 e. The van der Waals surface area contributed by atoms with Crippen molar-refractivity contribution in [2.45, 2.75) is 44.6 Å². The summed E-state index contributed by atoms with van der Waals surface area (Å²) in [6, 6.07) is 8.13. The highest BCUT2D eigenvalue weighted by molar-refractivity contribution is 14.0. The lowest BCUT2D eigenvalue weighted by atomic mass is 9.74. The van der Waals surface area contributed by atoms with Gasteiger partial charge in [0.25, 0.3) is 0 Å². The number of methoxy groups -OCH3 is 1. The number of rotatable bonds is 7. The van der Waals surface area contributed by atoms with Crippen molar-refractivity contribution < 1.29 is 9.47 Å². The first-order valence-corrected chi connectivity index (χ1v) is 9.70. The molecular formula is C20H33ClIN3O2. The predicted octanol–water partition coefficient (Wildman–Crippen LogP) is 3.99. The first-order valence-electron chi connectivity index (χ1n) is 9.32. The van der Waals surface area contributed by atoms with Crippen molar-refractivity contribution in [2.24, 2.45) is 4.99 Å². The second-order valence-corrected chi connectivity index (χ2v) is 7.79. The average molecular weight is 510 g/mol. The maximum atomic E-state index is 6.53. The molecule has 1 heterocycles. The van der Waals surface area contributed by atoms with Crippen molar-refractivity contribution in [2.75, 3.05) is 40.0 Å². The zero-order chi connectivity index (χ0) is 19.0. The molecule has 0 amide bonds. The second kappa shape index (κ2) is 11.4. The summed E-state index contributed by atoms with van der Waals surface area (Å²) < 4.78 is 11.1. The molecule has 2 N–H and O–H groups in total. The fraction of sp³-hybridized carbons (Fsp3) is 0.650. The van der Waals surface area contributed by atoms with Gasteiger partial charge < -0.3 is 20.1 Å². The first kappa shape index (κ1) is 24.5. The van der Waals surface area contributed by atoms with Gasteiger partial charge in [-0.25, -0.2) is 0 Å². The molecule has 1 fully saturated rings. The molecule has 0 bridgehead atoms. The highest BCUT2D eigenvalue weighted by Gasteiger charge is 2.36. The van der Waals surface area contributed by atoms with Gasteiger partial charge in [0.05, 0.1) is 12.1 Å². The van der Waals surface area contributed by atoms with E-state index in [0.29, 0.717) is 6.54 Å². The van der Waals surface area contributed by atoms with E-state index in [9.17, 15) is 0 Å². The number of guanidine groups is 1. The van der Waals surface area contributed by atoms with Crippen LogP contribution in [0.1, 0.15) is 39.2 Å². The monoisotopic (exact) mass is 509 g/mol. The van der Waals surface area contributed by atoms with Crippen LogP contribution in [0.5, 0.6) is 0 Å². The van der Waals surface area contributed by atoms with Gasteiger partial charge in [-0.1, -0.05) is 29.8 Å². The number of nitrogens with zero attached hydrogens (tertiary/aromatic N) is 1. The van der Waals surface area contributed by atoms with E-state index in [1.807, 2.05) is 26.0 Å². The molecule has 0 aromatic heterocycles. The molecule has 7 heteroatoms. The lowest BCUT2D eigenvalue weighted by Gasteiger charge is -2.39. The number of halogens is 2. The number of hydrogen-bond acceptors (Lipinski definition) is 3. The number of benzene rings is 1. The molecule has 1 aliphatic heterocycles. The Balaban J connectivity index is 0.00000364. The van der Waals surface area contributed by atoms with Crippen LogP contribution in [0, 0.1) is 0 Å². The lowest BCUT2D eigenvalue weighted by Crippen LogP contribution is -2.48. The van der Waals surface area contributed by atoms with E-state index in [1.165, 1.54) is 5.56 Å². The van der Waals surface area contributed by atoms with Crippen LogP contribution in [-0.2, 0) is 14.9 Å². The van der Waals surface area contributed by atoms with Crippen molar-refractivity contribution in [1.29, 1.82) is 0 Å². The van der Waals surface area contributed by atoms with Gasteiger partial charge in [0.2, 0.25) is 0 Å². The third kappa shape index (κ3) is 7.07. The summed E-state index contributed by atoms with van der Waals surface area (Å²) in [5, 5.41) is 7.66. The molecule has 2 rings (SSSR count). The maximum absolute atomic E-state index is 6.53. The summed E-state index contributed by atoms with van der Waals surface area (Å²) in [5.74, 6) is 0.801. The molecule has 1 aliphatic rings. The third-order valence-corrected chi connectivity index (χ3v) is 5.33. The molecule has 1 aromatic rings. The van der Waals surface area contributed by atoms with Crippen LogP contribution in [0.4, 0.5) is 0 Å². The Morgan fingerprint density at radius 2 is 1.93 bits per heavy atom. The first-order chi connectivity index (χ1) is 12.4. The molecule has 0 saturated carbocycles. The summed E-state index contributed by atoms with van der Waals surface area (Å²) in [7, 11) is 1.71. The zero-order valence-electron chi connectivity index (χ0n) is 16.8. The number of ether oxygens (including phenoxy) is 2. The van der Waals surface area contributed by atoms with Gasteiger partial charge >= 0.3 is 0 Å². The van der Waals surface area contributed by atoms with E-state index < -0.39 is 0 Å². The Morgan fingerprint density at radius 3 is 2.52 bits per heavy atom. The van der Waals surface area contributed by atoms with E-state index in [1.54, 1.807) is 7.11 Å². The van der Waals surface area contributed by atoms with Crippen LogP contribution < -0.4 is 10.6 Å². The van der Waals surface area contributed by atoms with Crippen molar-refractivity contribution in [1.82, 2.24) is 10.6 Å². The molecule has 0 spiro atoms. The minimum atomic E-state index is -0.290. The van der Waals surface area contributed by atoms with Gasteiger partial charge in [-0.15, -0.1) is 24.0 Å². The topological polar surface area (TPSA) is 54.9 Å². The third-order valence-electron chi connectivity index (χ3n) is 5.00. The van der Waals surface area contributed by atoms with Crippen LogP contribution in [0.25, 0.3) is 0 Å². The Labute approximate surface area is 185 Å². The summed E-state index contributed by atoms with van der Waals surface area (Å²) >= 11 is 6.53. The summed E-state index contributed by atoms with van der Waals surface area (Å²) in [6.07, 6.45) is 1.87. The number of aliphatic imine (C=N–C) groups is 1. The molecule has 0 unspecified atom stereocenters. The Morgan fingerprint density at radius 1 is 1.26 bits per heavy atom. The average Bonchev–Trinajstić information content (AvgIpc) is 2.65.